The van der Waals surface area contributed by atoms with Crippen molar-refractivity contribution in [2.45, 2.75) is 18.9 Å². The minimum atomic E-state index is -0.468. The van der Waals surface area contributed by atoms with E-state index >= 15 is 0 Å². The van der Waals surface area contributed by atoms with Crippen LogP contribution in [0.4, 0.5) is 11.4 Å². The van der Waals surface area contributed by atoms with Gasteiger partial charge in [-0.05, 0) is 18.2 Å². The van der Waals surface area contributed by atoms with Crippen molar-refractivity contribution in [2.75, 3.05) is 18.4 Å². The molecule has 2 aromatic carbocycles. The number of aromatic nitrogens is 1. The van der Waals surface area contributed by atoms with Gasteiger partial charge < -0.3 is 10.2 Å². The molecule has 1 aliphatic rings. The smallest absolute Gasteiger partial charge is 0.279 e. The Hall–Kier alpha value is -2.84. The number of likely N-dealkylation sites (tertiary alicyclic amines) is 1. The Morgan fingerprint density at radius 3 is 2.96 bits per heavy atom. The summed E-state index contributed by atoms with van der Waals surface area (Å²) in [7, 11) is 0. The summed E-state index contributed by atoms with van der Waals surface area (Å²) in [5.41, 5.74) is 1.42. The summed E-state index contributed by atoms with van der Waals surface area (Å²) in [6, 6.07) is 14.3. The van der Waals surface area contributed by atoms with Crippen LogP contribution in [0.1, 0.15) is 23.9 Å². The number of nitro groups is 1. The molecule has 27 heavy (non-hydrogen) atoms. The van der Waals surface area contributed by atoms with Crippen molar-refractivity contribution in [2.24, 2.45) is 0 Å². The van der Waals surface area contributed by atoms with E-state index in [1.54, 1.807) is 23.5 Å². The number of hydrogen-bond acceptors (Lipinski definition) is 5. The Kier molecular flexibility index (Phi) is 4.83. The number of quaternary nitrogens is 1. The number of benzene rings is 2. The van der Waals surface area contributed by atoms with E-state index in [1.807, 2.05) is 18.2 Å². The molecule has 2 N–H and O–H groups in total. The first-order valence-corrected chi connectivity index (χ1v) is 9.66. The Balaban J connectivity index is 1.45. The SMILES string of the molecule is O=C(C[NH+]1CCC[C@H]1c1nc2ccccc2s1)Nc1cccc([N+](=O)[O-])c1. The Bertz CT molecular complexity index is 970. The standard InChI is InChI=1S/C19H18N4O3S/c24-18(20-13-5-3-6-14(11-13)23(25)26)12-22-10-4-8-16(22)19-21-15-7-1-2-9-17(15)27-19/h1-3,5-7,9,11,16H,4,8,10,12H2,(H,20,24)/p+1/t16-/m0/s1. The number of amides is 1. The van der Waals surface area contributed by atoms with Gasteiger partial charge in [-0.3, -0.25) is 14.9 Å². The van der Waals surface area contributed by atoms with E-state index in [9.17, 15) is 14.9 Å². The van der Waals surface area contributed by atoms with Gasteiger partial charge >= 0.3 is 0 Å². The lowest BCUT2D eigenvalue weighted by atomic mass is 10.2. The zero-order valence-electron chi connectivity index (χ0n) is 14.6. The van der Waals surface area contributed by atoms with E-state index in [0.717, 1.165) is 29.9 Å². The van der Waals surface area contributed by atoms with Crippen LogP contribution >= 0.6 is 11.3 Å². The highest BCUT2D eigenvalue weighted by Gasteiger charge is 2.34. The topological polar surface area (TPSA) is 89.6 Å². The molecule has 1 unspecified atom stereocenters. The lowest BCUT2D eigenvalue weighted by Gasteiger charge is -2.19. The second-order valence-electron chi connectivity index (χ2n) is 6.66. The fourth-order valence-electron chi connectivity index (χ4n) is 3.57. The zero-order valence-corrected chi connectivity index (χ0v) is 15.4. The fourth-order valence-corrected chi connectivity index (χ4v) is 4.73. The Morgan fingerprint density at radius 1 is 1.30 bits per heavy atom. The van der Waals surface area contributed by atoms with Crippen LogP contribution in [0.15, 0.2) is 48.5 Å². The molecule has 1 aliphatic heterocycles. The van der Waals surface area contributed by atoms with Crippen molar-refractivity contribution in [3.05, 3.63) is 63.7 Å². The number of carbonyl (C=O) groups excluding carboxylic acids is 1. The molecule has 1 fully saturated rings. The summed E-state index contributed by atoms with van der Waals surface area (Å²) in [6.45, 7) is 1.24. The van der Waals surface area contributed by atoms with Gasteiger partial charge in [-0.25, -0.2) is 4.98 Å². The van der Waals surface area contributed by atoms with Crippen LogP contribution in [0.2, 0.25) is 0 Å². The molecule has 1 amide bonds. The van der Waals surface area contributed by atoms with Crippen molar-refractivity contribution in [1.82, 2.24) is 4.98 Å². The fraction of sp³-hybridized carbons (Fsp3) is 0.263. The molecular weight excluding hydrogens is 364 g/mol. The number of fused-ring (bicyclic) bond motifs is 1. The zero-order chi connectivity index (χ0) is 18.8. The van der Waals surface area contributed by atoms with Gasteiger partial charge in [0.1, 0.15) is 6.04 Å². The molecule has 7 nitrogen and oxygen atoms in total. The molecule has 0 radical (unpaired) electrons. The maximum absolute atomic E-state index is 12.5. The van der Waals surface area contributed by atoms with Gasteiger partial charge in [0.25, 0.3) is 11.6 Å². The van der Waals surface area contributed by atoms with E-state index in [2.05, 4.69) is 11.4 Å². The molecule has 4 rings (SSSR count). The molecule has 2 atom stereocenters. The molecule has 0 spiro atoms. The monoisotopic (exact) mass is 383 g/mol. The summed E-state index contributed by atoms with van der Waals surface area (Å²) >= 11 is 1.70. The number of hydrogen-bond donors (Lipinski definition) is 2. The number of nitrogens with zero attached hydrogens (tertiary/aromatic N) is 2. The van der Waals surface area contributed by atoms with Crippen LogP contribution in [-0.4, -0.2) is 28.9 Å². The Labute approximate surface area is 159 Å². The number of thiazole rings is 1. The van der Waals surface area contributed by atoms with Crippen LogP contribution in [0.3, 0.4) is 0 Å². The second kappa shape index (κ2) is 7.42. The van der Waals surface area contributed by atoms with Gasteiger partial charge in [0.2, 0.25) is 0 Å². The maximum atomic E-state index is 12.5. The Morgan fingerprint density at radius 2 is 2.15 bits per heavy atom. The predicted molar refractivity (Wildman–Crippen MR) is 104 cm³/mol. The van der Waals surface area contributed by atoms with Gasteiger partial charge in [-0.1, -0.05) is 18.2 Å². The minimum absolute atomic E-state index is 0.0336. The molecule has 8 heteroatoms. The summed E-state index contributed by atoms with van der Waals surface area (Å²) in [5.74, 6) is -0.140. The third-order valence-electron chi connectivity index (χ3n) is 4.82. The molecule has 3 aromatic rings. The van der Waals surface area contributed by atoms with Gasteiger partial charge in [0.05, 0.1) is 21.7 Å². The highest BCUT2D eigenvalue weighted by molar-refractivity contribution is 7.18. The minimum Gasteiger partial charge on any atom is -0.321 e. The number of para-hydroxylation sites is 1. The molecule has 138 valence electrons. The summed E-state index contributed by atoms with van der Waals surface area (Å²) in [4.78, 5) is 28.8. The summed E-state index contributed by atoms with van der Waals surface area (Å²) in [6.07, 6.45) is 2.07. The molecular formula is C19H19N4O3S+. The first-order chi connectivity index (χ1) is 13.1. The summed E-state index contributed by atoms with van der Waals surface area (Å²) in [5, 5.41) is 14.7. The lowest BCUT2D eigenvalue weighted by Crippen LogP contribution is -3.11. The number of non-ortho nitro benzene ring substituents is 1. The molecule has 1 aromatic heterocycles. The molecule has 0 saturated carbocycles. The molecule has 0 aliphatic carbocycles. The van der Waals surface area contributed by atoms with E-state index in [0.29, 0.717) is 12.2 Å². The van der Waals surface area contributed by atoms with Crippen LogP contribution < -0.4 is 10.2 Å². The summed E-state index contributed by atoms with van der Waals surface area (Å²) < 4.78 is 1.17. The van der Waals surface area contributed by atoms with E-state index in [-0.39, 0.29) is 17.6 Å². The van der Waals surface area contributed by atoms with Crippen LogP contribution in [-0.2, 0) is 4.79 Å². The largest absolute Gasteiger partial charge is 0.321 e. The van der Waals surface area contributed by atoms with Gasteiger partial charge in [-0.15, -0.1) is 11.3 Å². The molecule has 0 bridgehead atoms. The normalized spacial score (nSPS) is 19.3. The average molecular weight is 383 g/mol. The van der Waals surface area contributed by atoms with Gasteiger partial charge in [0.15, 0.2) is 11.6 Å². The maximum Gasteiger partial charge on any atom is 0.279 e. The van der Waals surface area contributed by atoms with Crippen LogP contribution in [0.25, 0.3) is 10.2 Å². The second-order valence-corrected chi connectivity index (χ2v) is 7.72. The predicted octanol–water partition coefficient (Wildman–Crippen LogP) is 2.56. The van der Waals surface area contributed by atoms with Crippen molar-refractivity contribution in [1.29, 1.82) is 0 Å². The van der Waals surface area contributed by atoms with Gasteiger partial charge in [-0.2, -0.15) is 0 Å². The number of rotatable bonds is 5. The number of carbonyl (C=O) groups is 1. The van der Waals surface area contributed by atoms with E-state index in [4.69, 9.17) is 4.98 Å². The molecule has 2 heterocycles. The highest BCUT2D eigenvalue weighted by Crippen LogP contribution is 2.28. The first-order valence-electron chi connectivity index (χ1n) is 8.84. The number of nitro benzene ring substituents is 1. The number of nitrogens with one attached hydrogen (secondary N) is 2. The van der Waals surface area contributed by atoms with Crippen molar-refractivity contribution >= 4 is 38.8 Å². The van der Waals surface area contributed by atoms with E-state index in [1.165, 1.54) is 21.7 Å². The highest BCUT2D eigenvalue weighted by atomic mass is 32.1. The van der Waals surface area contributed by atoms with Crippen LogP contribution in [0.5, 0.6) is 0 Å². The number of anilines is 1. The first kappa shape index (κ1) is 17.6. The molecule has 1 saturated heterocycles. The third kappa shape index (κ3) is 3.81. The lowest BCUT2D eigenvalue weighted by molar-refractivity contribution is -0.910. The van der Waals surface area contributed by atoms with Crippen molar-refractivity contribution < 1.29 is 14.6 Å². The van der Waals surface area contributed by atoms with Gasteiger partial charge in [0, 0.05) is 30.7 Å². The van der Waals surface area contributed by atoms with Crippen molar-refractivity contribution in [3.8, 4) is 0 Å². The van der Waals surface area contributed by atoms with E-state index < -0.39 is 4.92 Å². The van der Waals surface area contributed by atoms with Crippen molar-refractivity contribution in [3.63, 3.8) is 0 Å². The quantitative estimate of drug-likeness (QED) is 0.523. The third-order valence-corrected chi connectivity index (χ3v) is 5.97. The van der Waals surface area contributed by atoms with Crippen LogP contribution in [0, 0.1) is 10.1 Å². The average Bonchev–Trinajstić information content (AvgIpc) is 3.27.